The van der Waals surface area contributed by atoms with Gasteiger partial charge in [-0.1, -0.05) is 6.07 Å². The molecule has 0 aliphatic carbocycles. The van der Waals surface area contributed by atoms with E-state index in [0.717, 1.165) is 0 Å². The molecule has 0 aliphatic heterocycles. The normalized spacial score (nSPS) is 11.5. The summed E-state index contributed by atoms with van der Waals surface area (Å²) in [5.74, 6) is -0.193. The Morgan fingerprint density at radius 2 is 2.27 bits per heavy atom. The molecule has 1 rings (SSSR count). The Kier molecular flexibility index (Phi) is 3.26. The lowest BCUT2D eigenvalue weighted by Gasteiger charge is -2.09. The van der Waals surface area contributed by atoms with Gasteiger partial charge in [-0.3, -0.25) is 4.79 Å². The zero-order chi connectivity index (χ0) is 11.4. The van der Waals surface area contributed by atoms with E-state index in [4.69, 9.17) is 21.5 Å². The molecule has 0 saturated heterocycles. The van der Waals surface area contributed by atoms with Crippen LogP contribution in [-0.4, -0.2) is 13.0 Å². The molecule has 0 fully saturated rings. The van der Waals surface area contributed by atoms with Gasteiger partial charge in [-0.05, 0) is 17.7 Å². The van der Waals surface area contributed by atoms with Crippen LogP contribution in [0.3, 0.4) is 0 Å². The standard InChI is InChI=1S/C10H11N3O2/c1-15-8-3-2-6(4-7(8)5-11)9(12)10(13)14/h2-4,9H,12H2,1H3,(H2,13,14). The van der Waals surface area contributed by atoms with E-state index < -0.39 is 11.9 Å². The molecule has 0 radical (unpaired) electrons. The Hall–Kier alpha value is -2.06. The van der Waals surface area contributed by atoms with Gasteiger partial charge in [0.1, 0.15) is 17.9 Å². The van der Waals surface area contributed by atoms with Crippen molar-refractivity contribution >= 4 is 5.91 Å². The average molecular weight is 205 g/mol. The maximum absolute atomic E-state index is 10.8. The van der Waals surface area contributed by atoms with E-state index in [1.807, 2.05) is 6.07 Å². The monoisotopic (exact) mass is 205 g/mol. The van der Waals surface area contributed by atoms with Crippen LogP contribution in [0.15, 0.2) is 18.2 Å². The average Bonchev–Trinajstić information content (AvgIpc) is 2.26. The lowest BCUT2D eigenvalue weighted by molar-refractivity contribution is -0.119. The van der Waals surface area contributed by atoms with Gasteiger partial charge >= 0.3 is 0 Å². The molecular formula is C10H11N3O2. The Morgan fingerprint density at radius 1 is 1.60 bits per heavy atom. The summed E-state index contributed by atoms with van der Waals surface area (Å²) >= 11 is 0. The lowest BCUT2D eigenvalue weighted by Crippen LogP contribution is -2.28. The van der Waals surface area contributed by atoms with Gasteiger partial charge in [0.15, 0.2) is 0 Å². The molecule has 4 N–H and O–H groups in total. The number of hydrogen-bond acceptors (Lipinski definition) is 4. The van der Waals surface area contributed by atoms with E-state index in [1.54, 1.807) is 12.1 Å². The third-order valence-corrected chi connectivity index (χ3v) is 2.01. The number of carbonyl (C=O) groups is 1. The molecule has 0 saturated carbocycles. The maximum atomic E-state index is 10.8. The zero-order valence-electron chi connectivity index (χ0n) is 8.23. The van der Waals surface area contributed by atoms with Gasteiger partial charge in [0.25, 0.3) is 0 Å². The highest BCUT2D eigenvalue weighted by atomic mass is 16.5. The van der Waals surface area contributed by atoms with E-state index in [9.17, 15) is 4.79 Å². The van der Waals surface area contributed by atoms with Gasteiger partial charge in [0.2, 0.25) is 5.91 Å². The van der Waals surface area contributed by atoms with Crippen molar-refractivity contribution in [3.63, 3.8) is 0 Å². The summed E-state index contributed by atoms with van der Waals surface area (Å²) in [5, 5.41) is 8.81. The summed E-state index contributed by atoms with van der Waals surface area (Å²) in [5.41, 5.74) is 11.4. The lowest BCUT2D eigenvalue weighted by atomic mass is 10.0. The largest absolute Gasteiger partial charge is 0.495 e. The molecule has 1 unspecified atom stereocenters. The summed E-state index contributed by atoms with van der Waals surface area (Å²) in [7, 11) is 1.46. The summed E-state index contributed by atoms with van der Waals surface area (Å²) in [6.07, 6.45) is 0. The molecule has 1 aromatic carbocycles. The first-order chi connectivity index (χ1) is 7.10. The quantitative estimate of drug-likeness (QED) is 0.727. The summed E-state index contributed by atoms with van der Waals surface area (Å²) < 4.78 is 4.95. The molecule has 0 spiro atoms. The molecule has 1 aromatic rings. The third kappa shape index (κ3) is 2.24. The van der Waals surface area contributed by atoms with Crippen molar-refractivity contribution < 1.29 is 9.53 Å². The SMILES string of the molecule is COc1ccc(C(N)C(N)=O)cc1C#N. The number of methoxy groups -OCH3 is 1. The van der Waals surface area contributed by atoms with E-state index in [-0.39, 0.29) is 0 Å². The number of rotatable bonds is 3. The number of hydrogen-bond donors (Lipinski definition) is 2. The topological polar surface area (TPSA) is 102 Å². The number of nitrogens with two attached hydrogens (primary N) is 2. The van der Waals surface area contributed by atoms with Crippen molar-refractivity contribution in [3.05, 3.63) is 29.3 Å². The second-order valence-corrected chi connectivity index (χ2v) is 2.95. The molecule has 1 amide bonds. The second kappa shape index (κ2) is 4.44. The number of primary amides is 1. The molecule has 5 heteroatoms. The Labute approximate surface area is 87.2 Å². The highest BCUT2D eigenvalue weighted by Crippen LogP contribution is 2.21. The van der Waals surface area contributed by atoms with E-state index in [1.165, 1.54) is 13.2 Å². The first kappa shape index (κ1) is 11.0. The molecule has 0 heterocycles. The highest BCUT2D eigenvalue weighted by molar-refractivity contribution is 5.81. The maximum Gasteiger partial charge on any atom is 0.238 e. The van der Waals surface area contributed by atoms with Crippen molar-refractivity contribution in [3.8, 4) is 11.8 Å². The Balaban J connectivity index is 3.15. The number of nitriles is 1. The zero-order valence-corrected chi connectivity index (χ0v) is 8.23. The van der Waals surface area contributed by atoms with Crippen molar-refractivity contribution in [2.24, 2.45) is 11.5 Å². The molecule has 0 bridgehead atoms. The number of benzene rings is 1. The van der Waals surface area contributed by atoms with Crippen molar-refractivity contribution in [1.29, 1.82) is 5.26 Å². The minimum atomic E-state index is -0.900. The Morgan fingerprint density at radius 3 is 2.73 bits per heavy atom. The predicted molar refractivity (Wildman–Crippen MR) is 53.8 cm³/mol. The Bertz CT molecular complexity index is 423. The van der Waals surface area contributed by atoms with E-state index in [0.29, 0.717) is 16.9 Å². The fourth-order valence-corrected chi connectivity index (χ4v) is 1.17. The minimum absolute atomic E-state index is 0.326. The fraction of sp³-hybridized carbons (Fsp3) is 0.200. The molecule has 78 valence electrons. The van der Waals surface area contributed by atoms with Crippen molar-refractivity contribution in [1.82, 2.24) is 0 Å². The van der Waals surface area contributed by atoms with E-state index in [2.05, 4.69) is 0 Å². The van der Waals surface area contributed by atoms with E-state index >= 15 is 0 Å². The van der Waals surface area contributed by atoms with Crippen LogP contribution in [0, 0.1) is 11.3 Å². The molecule has 0 aliphatic rings. The fourth-order valence-electron chi connectivity index (χ4n) is 1.17. The highest BCUT2D eigenvalue weighted by Gasteiger charge is 2.14. The predicted octanol–water partition coefficient (Wildman–Crippen LogP) is 0.0520. The summed E-state index contributed by atoms with van der Waals surface area (Å²) in [4.78, 5) is 10.8. The number of ether oxygens (including phenoxy) is 1. The number of nitrogens with zero attached hydrogens (tertiary/aromatic N) is 1. The van der Waals surface area contributed by atoms with Gasteiger partial charge in [0.05, 0.1) is 12.7 Å². The summed E-state index contributed by atoms with van der Waals surface area (Å²) in [6, 6.07) is 5.73. The minimum Gasteiger partial charge on any atom is -0.495 e. The summed E-state index contributed by atoms with van der Waals surface area (Å²) in [6.45, 7) is 0. The van der Waals surface area contributed by atoms with Crippen LogP contribution in [0.5, 0.6) is 5.75 Å². The third-order valence-electron chi connectivity index (χ3n) is 2.01. The molecule has 0 aromatic heterocycles. The van der Waals surface area contributed by atoms with Gasteiger partial charge in [-0.2, -0.15) is 5.26 Å². The smallest absolute Gasteiger partial charge is 0.238 e. The van der Waals surface area contributed by atoms with Gasteiger partial charge < -0.3 is 16.2 Å². The van der Waals surface area contributed by atoms with Crippen LogP contribution in [0.1, 0.15) is 17.2 Å². The van der Waals surface area contributed by atoms with Crippen LogP contribution in [-0.2, 0) is 4.79 Å². The van der Waals surface area contributed by atoms with Gasteiger partial charge in [-0.25, -0.2) is 0 Å². The number of carbonyl (C=O) groups excluding carboxylic acids is 1. The molecular weight excluding hydrogens is 194 g/mol. The van der Waals surface area contributed by atoms with Gasteiger partial charge in [0, 0.05) is 0 Å². The molecule has 1 atom stereocenters. The van der Waals surface area contributed by atoms with Crippen molar-refractivity contribution in [2.75, 3.05) is 7.11 Å². The van der Waals surface area contributed by atoms with Crippen LogP contribution < -0.4 is 16.2 Å². The number of amides is 1. The first-order valence-electron chi connectivity index (χ1n) is 4.23. The first-order valence-corrected chi connectivity index (χ1v) is 4.23. The van der Waals surface area contributed by atoms with Crippen LogP contribution in [0.2, 0.25) is 0 Å². The molecule has 15 heavy (non-hydrogen) atoms. The van der Waals surface area contributed by atoms with Crippen LogP contribution in [0.25, 0.3) is 0 Å². The molecule has 5 nitrogen and oxygen atoms in total. The van der Waals surface area contributed by atoms with Crippen LogP contribution >= 0.6 is 0 Å². The van der Waals surface area contributed by atoms with Gasteiger partial charge in [-0.15, -0.1) is 0 Å². The van der Waals surface area contributed by atoms with Crippen LogP contribution in [0.4, 0.5) is 0 Å². The van der Waals surface area contributed by atoms with Crippen molar-refractivity contribution in [2.45, 2.75) is 6.04 Å². The second-order valence-electron chi connectivity index (χ2n) is 2.95.